The van der Waals surface area contributed by atoms with E-state index in [1.807, 2.05) is 0 Å². The Morgan fingerprint density at radius 2 is 1.83 bits per heavy atom. The molecule has 1 atom stereocenters. The van der Waals surface area contributed by atoms with Gasteiger partial charge in [-0.05, 0) is 55.0 Å². The molecule has 5 nitrogen and oxygen atoms in total. The molecule has 2 aromatic rings. The lowest BCUT2D eigenvalue weighted by Gasteiger charge is -2.37. The summed E-state index contributed by atoms with van der Waals surface area (Å²) in [4.78, 5) is 14.0. The van der Waals surface area contributed by atoms with Crippen LogP contribution in [0.5, 0.6) is 5.75 Å². The van der Waals surface area contributed by atoms with Gasteiger partial charge in [0.1, 0.15) is 5.75 Å². The standard InChI is InChI=1S/C21H19F3N2O3S/c1-12-17(19(27)29-3)18(13-6-4-9-16(10-13)28-2)25-20(30)26(12)15-8-5-7-14(11-15)21(22,23)24/h4-11,18H,1-3H3,(H,25,30). The highest BCUT2D eigenvalue weighted by Gasteiger charge is 2.36. The number of thiocarbonyl (C=S) groups is 1. The first kappa shape index (κ1) is 21.6. The first-order valence-corrected chi connectivity index (χ1v) is 9.29. The number of hydrogen-bond acceptors (Lipinski definition) is 4. The summed E-state index contributed by atoms with van der Waals surface area (Å²) in [5.74, 6) is -0.0327. The summed E-state index contributed by atoms with van der Waals surface area (Å²) >= 11 is 5.45. The largest absolute Gasteiger partial charge is 0.497 e. The molecule has 0 aromatic heterocycles. The number of nitrogens with zero attached hydrogens (tertiary/aromatic N) is 1. The van der Waals surface area contributed by atoms with Gasteiger partial charge in [0, 0.05) is 11.4 Å². The summed E-state index contributed by atoms with van der Waals surface area (Å²) in [6.45, 7) is 1.62. The molecule has 3 rings (SSSR count). The van der Waals surface area contributed by atoms with Crippen LogP contribution in [0, 0.1) is 0 Å². The van der Waals surface area contributed by atoms with Crippen LogP contribution in [0.25, 0.3) is 0 Å². The fourth-order valence-electron chi connectivity index (χ4n) is 3.32. The maximum atomic E-state index is 13.2. The fraction of sp³-hybridized carbons (Fsp3) is 0.238. The predicted octanol–water partition coefficient (Wildman–Crippen LogP) is 4.60. The molecule has 0 aliphatic carbocycles. The zero-order chi connectivity index (χ0) is 22.1. The van der Waals surface area contributed by atoms with Crippen molar-refractivity contribution in [2.24, 2.45) is 0 Å². The van der Waals surface area contributed by atoms with E-state index in [4.69, 9.17) is 21.7 Å². The van der Waals surface area contributed by atoms with Crippen LogP contribution in [0.1, 0.15) is 24.1 Å². The number of ether oxygens (including phenoxy) is 2. The Kier molecular flexibility index (Phi) is 6.02. The van der Waals surface area contributed by atoms with E-state index in [0.29, 0.717) is 17.0 Å². The van der Waals surface area contributed by atoms with Crippen molar-refractivity contribution in [3.8, 4) is 5.75 Å². The van der Waals surface area contributed by atoms with Gasteiger partial charge in [0.15, 0.2) is 5.11 Å². The smallest absolute Gasteiger partial charge is 0.416 e. The summed E-state index contributed by atoms with van der Waals surface area (Å²) < 4.78 is 49.7. The number of benzene rings is 2. The summed E-state index contributed by atoms with van der Waals surface area (Å²) in [7, 11) is 2.77. The Morgan fingerprint density at radius 1 is 1.13 bits per heavy atom. The van der Waals surface area contributed by atoms with Crippen molar-refractivity contribution in [1.29, 1.82) is 0 Å². The molecule has 0 saturated carbocycles. The Morgan fingerprint density at radius 3 is 2.47 bits per heavy atom. The predicted molar refractivity (Wildman–Crippen MR) is 110 cm³/mol. The lowest BCUT2D eigenvalue weighted by Crippen LogP contribution is -2.48. The Bertz CT molecular complexity index is 1020. The molecule has 1 N–H and O–H groups in total. The zero-order valence-corrected chi connectivity index (χ0v) is 17.2. The Balaban J connectivity index is 2.14. The molecule has 1 unspecified atom stereocenters. The van der Waals surface area contributed by atoms with E-state index >= 15 is 0 Å². The van der Waals surface area contributed by atoms with Gasteiger partial charge in [0.2, 0.25) is 0 Å². The van der Waals surface area contributed by atoms with Crippen LogP contribution in [0.3, 0.4) is 0 Å². The number of anilines is 1. The van der Waals surface area contributed by atoms with E-state index in [1.54, 1.807) is 31.2 Å². The van der Waals surface area contributed by atoms with Gasteiger partial charge in [-0.15, -0.1) is 0 Å². The topological polar surface area (TPSA) is 50.8 Å². The number of methoxy groups -OCH3 is 2. The highest BCUT2D eigenvalue weighted by molar-refractivity contribution is 7.80. The van der Waals surface area contributed by atoms with Crippen molar-refractivity contribution < 1.29 is 27.4 Å². The van der Waals surface area contributed by atoms with E-state index in [9.17, 15) is 18.0 Å². The van der Waals surface area contributed by atoms with Crippen molar-refractivity contribution in [3.63, 3.8) is 0 Å². The molecule has 0 bridgehead atoms. The molecule has 0 saturated heterocycles. The molecule has 9 heteroatoms. The summed E-state index contributed by atoms with van der Waals surface area (Å²) in [5, 5.41) is 3.21. The zero-order valence-electron chi connectivity index (χ0n) is 16.4. The number of esters is 1. The molecule has 1 aliphatic rings. The minimum Gasteiger partial charge on any atom is -0.497 e. The van der Waals surface area contributed by atoms with Crippen LogP contribution in [0.2, 0.25) is 0 Å². The number of carbonyl (C=O) groups is 1. The summed E-state index contributed by atoms with van der Waals surface area (Å²) in [5.41, 5.74) is 0.671. The molecule has 2 aromatic carbocycles. The minimum absolute atomic E-state index is 0.160. The van der Waals surface area contributed by atoms with Gasteiger partial charge in [-0.1, -0.05) is 18.2 Å². The quantitative estimate of drug-likeness (QED) is 0.559. The Labute approximate surface area is 177 Å². The lowest BCUT2D eigenvalue weighted by molar-refractivity contribution is -0.138. The van der Waals surface area contributed by atoms with Gasteiger partial charge in [0.05, 0.1) is 31.4 Å². The maximum absolute atomic E-state index is 13.2. The second kappa shape index (κ2) is 8.35. The van der Waals surface area contributed by atoms with E-state index in [1.165, 1.54) is 31.3 Å². The van der Waals surface area contributed by atoms with Gasteiger partial charge >= 0.3 is 12.1 Å². The summed E-state index contributed by atoms with van der Waals surface area (Å²) in [6, 6.07) is 11.2. The number of hydrogen-bond donors (Lipinski definition) is 1. The third kappa shape index (κ3) is 4.11. The summed E-state index contributed by atoms with van der Waals surface area (Å²) in [6.07, 6.45) is -4.51. The van der Waals surface area contributed by atoms with Crippen molar-refractivity contribution in [1.82, 2.24) is 5.32 Å². The molecule has 0 amide bonds. The molecule has 1 aliphatic heterocycles. The number of halogens is 3. The van der Waals surface area contributed by atoms with Crippen LogP contribution < -0.4 is 15.0 Å². The monoisotopic (exact) mass is 436 g/mol. The van der Waals surface area contributed by atoms with Gasteiger partial charge in [0.25, 0.3) is 0 Å². The third-order valence-corrected chi connectivity index (χ3v) is 5.05. The Hall–Kier alpha value is -3.07. The van der Waals surface area contributed by atoms with Crippen LogP contribution in [0.4, 0.5) is 18.9 Å². The van der Waals surface area contributed by atoms with Gasteiger partial charge < -0.3 is 14.8 Å². The number of carbonyl (C=O) groups excluding carboxylic acids is 1. The van der Waals surface area contributed by atoms with Crippen molar-refractivity contribution in [3.05, 3.63) is 70.9 Å². The van der Waals surface area contributed by atoms with Crippen molar-refractivity contribution in [2.75, 3.05) is 19.1 Å². The van der Waals surface area contributed by atoms with E-state index < -0.39 is 23.8 Å². The third-order valence-electron chi connectivity index (χ3n) is 4.75. The van der Waals surface area contributed by atoms with Crippen LogP contribution in [-0.2, 0) is 15.7 Å². The van der Waals surface area contributed by atoms with Crippen molar-refractivity contribution in [2.45, 2.75) is 19.1 Å². The van der Waals surface area contributed by atoms with Crippen LogP contribution in [0.15, 0.2) is 59.8 Å². The number of rotatable bonds is 4. The molecule has 30 heavy (non-hydrogen) atoms. The number of nitrogens with one attached hydrogen (secondary N) is 1. The minimum atomic E-state index is -4.51. The number of allylic oxidation sites excluding steroid dienone is 1. The van der Waals surface area contributed by atoms with Gasteiger partial charge in [-0.25, -0.2) is 4.79 Å². The molecule has 158 valence electrons. The van der Waals surface area contributed by atoms with E-state index in [0.717, 1.165) is 12.1 Å². The SMILES string of the molecule is COC(=O)C1=C(C)N(c2cccc(C(F)(F)F)c2)C(=S)NC1c1cccc(OC)c1. The average Bonchev–Trinajstić information content (AvgIpc) is 2.72. The van der Waals surface area contributed by atoms with Crippen molar-refractivity contribution >= 4 is 29.0 Å². The fourth-order valence-corrected chi connectivity index (χ4v) is 3.68. The van der Waals surface area contributed by atoms with Crippen LogP contribution in [-0.4, -0.2) is 25.3 Å². The van der Waals surface area contributed by atoms with Crippen LogP contribution >= 0.6 is 12.2 Å². The molecular formula is C21H19F3N2O3S. The highest BCUT2D eigenvalue weighted by Crippen LogP contribution is 2.37. The van der Waals surface area contributed by atoms with E-state index in [2.05, 4.69) is 5.32 Å². The average molecular weight is 436 g/mol. The second-order valence-electron chi connectivity index (χ2n) is 6.53. The highest BCUT2D eigenvalue weighted by atomic mass is 32.1. The second-order valence-corrected chi connectivity index (χ2v) is 6.92. The molecule has 0 radical (unpaired) electrons. The van der Waals surface area contributed by atoms with Gasteiger partial charge in [-0.3, -0.25) is 4.90 Å². The molecular weight excluding hydrogens is 417 g/mol. The maximum Gasteiger partial charge on any atom is 0.416 e. The van der Waals surface area contributed by atoms with E-state index in [-0.39, 0.29) is 16.4 Å². The first-order chi connectivity index (χ1) is 14.2. The molecule has 0 fully saturated rings. The normalized spacial score (nSPS) is 16.9. The first-order valence-electron chi connectivity index (χ1n) is 8.88. The van der Waals surface area contributed by atoms with Gasteiger partial charge in [-0.2, -0.15) is 13.2 Å². The molecule has 0 spiro atoms. The number of alkyl halides is 3. The molecule has 1 heterocycles. The lowest BCUT2D eigenvalue weighted by atomic mass is 9.94.